The van der Waals surface area contributed by atoms with Crippen LogP contribution in [0, 0.1) is 5.82 Å². The molecule has 0 amide bonds. The minimum atomic E-state index is -0.323. The Bertz CT molecular complexity index is 842. The zero-order valence-corrected chi connectivity index (χ0v) is 13.6. The highest BCUT2D eigenvalue weighted by molar-refractivity contribution is 6.50. The van der Waals surface area contributed by atoms with E-state index in [1.54, 1.807) is 18.2 Å². The van der Waals surface area contributed by atoms with Crippen molar-refractivity contribution in [3.8, 4) is 17.1 Å². The molecule has 0 fully saturated rings. The lowest BCUT2D eigenvalue weighted by Gasteiger charge is -2.02. The van der Waals surface area contributed by atoms with E-state index >= 15 is 0 Å². The van der Waals surface area contributed by atoms with Crippen molar-refractivity contribution in [2.75, 3.05) is 6.61 Å². The summed E-state index contributed by atoms with van der Waals surface area (Å²) in [5, 5.41) is 4.18. The van der Waals surface area contributed by atoms with Crippen LogP contribution in [-0.4, -0.2) is 16.7 Å². The molecule has 0 saturated carbocycles. The van der Waals surface area contributed by atoms with Crippen LogP contribution in [0.15, 0.2) is 53.1 Å². The predicted octanol–water partition coefficient (Wildman–Crippen LogP) is 5.01. The molecule has 0 spiro atoms. The van der Waals surface area contributed by atoms with E-state index in [2.05, 4.69) is 10.1 Å². The fourth-order valence-electron chi connectivity index (χ4n) is 2.07. The molecule has 1 heterocycles. The molecule has 2 aromatic carbocycles. The topological polar surface area (TPSA) is 48.2 Å². The smallest absolute Gasteiger partial charge is 0.269 e. The average Bonchev–Trinajstić information content (AvgIpc) is 3.08. The maximum absolute atomic E-state index is 13.0. The van der Waals surface area contributed by atoms with Gasteiger partial charge in [0.1, 0.15) is 16.6 Å². The van der Waals surface area contributed by atoms with Crippen LogP contribution in [-0.2, 0) is 0 Å². The largest absolute Gasteiger partial charge is 0.494 e. The second-order valence-corrected chi connectivity index (χ2v) is 5.33. The Kier molecular flexibility index (Phi) is 4.91. The van der Waals surface area contributed by atoms with E-state index in [1.165, 1.54) is 12.1 Å². The molecule has 0 bridgehead atoms. The molecule has 6 heteroatoms. The summed E-state index contributed by atoms with van der Waals surface area (Å²) in [5.74, 6) is 1.02. The SMILES string of the molecule is CCOc1ccc(/C=C(\Cl)c2nc(-c3ccc(F)cc3)no2)cc1. The summed E-state index contributed by atoms with van der Waals surface area (Å²) >= 11 is 6.24. The van der Waals surface area contributed by atoms with Gasteiger partial charge in [0.15, 0.2) is 0 Å². The van der Waals surface area contributed by atoms with E-state index in [1.807, 2.05) is 31.2 Å². The Morgan fingerprint density at radius 1 is 1.17 bits per heavy atom. The van der Waals surface area contributed by atoms with Gasteiger partial charge in [0.2, 0.25) is 5.82 Å². The first-order valence-corrected chi connectivity index (χ1v) is 7.73. The summed E-state index contributed by atoms with van der Waals surface area (Å²) in [5.41, 5.74) is 1.53. The fraction of sp³-hybridized carbons (Fsp3) is 0.111. The molecule has 0 aliphatic carbocycles. The third kappa shape index (κ3) is 3.81. The molecule has 1 aromatic heterocycles. The van der Waals surface area contributed by atoms with Gasteiger partial charge in [0, 0.05) is 5.56 Å². The van der Waals surface area contributed by atoms with Gasteiger partial charge in [-0.15, -0.1) is 0 Å². The second kappa shape index (κ2) is 7.27. The number of aromatic nitrogens is 2. The van der Waals surface area contributed by atoms with Gasteiger partial charge >= 0.3 is 0 Å². The van der Waals surface area contributed by atoms with Gasteiger partial charge in [-0.25, -0.2) is 4.39 Å². The van der Waals surface area contributed by atoms with Crippen molar-refractivity contribution in [1.82, 2.24) is 10.1 Å². The minimum Gasteiger partial charge on any atom is -0.494 e. The summed E-state index contributed by atoms with van der Waals surface area (Å²) in [6.45, 7) is 2.54. The average molecular weight is 345 g/mol. The van der Waals surface area contributed by atoms with Gasteiger partial charge < -0.3 is 9.26 Å². The van der Waals surface area contributed by atoms with Crippen molar-refractivity contribution in [1.29, 1.82) is 0 Å². The van der Waals surface area contributed by atoms with Gasteiger partial charge in [-0.1, -0.05) is 28.9 Å². The molecule has 0 atom stereocenters. The first-order valence-electron chi connectivity index (χ1n) is 7.36. The van der Waals surface area contributed by atoms with Crippen molar-refractivity contribution in [2.45, 2.75) is 6.92 Å². The zero-order valence-electron chi connectivity index (χ0n) is 12.9. The summed E-state index contributed by atoms with van der Waals surface area (Å²) < 4.78 is 23.5. The molecule has 3 rings (SSSR count). The maximum atomic E-state index is 13.0. The van der Waals surface area contributed by atoms with E-state index in [9.17, 15) is 4.39 Å². The van der Waals surface area contributed by atoms with Crippen molar-refractivity contribution in [3.63, 3.8) is 0 Å². The number of hydrogen-bond acceptors (Lipinski definition) is 4. The van der Waals surface area contributed by atoms with Crippen molar-refractivity contribution in [2.24, 2.45) is 0 Å². The number of ether oxygens (including phenoxy) is 1. The van der Waals surface area contributed by atoms with Crippen LogP contribution in [0.2, 0.25) is 0 Å². The summed E-state index contributed by atoms with van der Waals surface area (Å²) in [6.07, 6.45) is 1.72. The lowest BCUT2D eigenvalue weighted by atomic mass is 10.2. The summed E-state index contributed by atoms with van der Waals surface area (Å²) in [4.78, 5) is 4.23. The molecule has 0 aliphatic rings. The van der Waals surface area contributed by atoms with E-state index in [-0.39, 0.29) is 11.7 Å². The van der Waals surface area contributed by atoms with Crippen LogP contribution in [0.4, 0.5) is 4.39 Å². The molecule has 0 saturated heterocycles. The maximum Gasteiger partial charge on any atom is 0.269 e. The van der Waals surface area contributed by atoms with Crippen LogP contribution < -0.4 is 4.74 Å². The predicted molar refractivity (Wildman–Crippen MR) is 91.0 cm³/mol. The Morgan fingerprint density at radius 2 is 1.88 bits per heavy atom. The molecule has 0 N–H and O–H groups in total. The van der Waals surface area contributed by atoms with Gasteiger partial charge in [-0.05, 0) is 55.0 Å². The number of rotatable bonds is 5. The standard InChI is InChI=1S/C18H14ClFN2O2/c1-2-23-15-9-3-12(4-10-15)11-16(19)18-21-17(22-24-18)13-5-7-14(20)8-6-13/h3-11H,2H2,1H3/b16-11-. The Labute approximate surface area is 143 Å². The molecule has 0 radical (unpaired) electrons. The van der Waals surface area contributed by atoms with Crippen LogP contribution >= 0.6 is 11.6 Å². The fourth-order valence-corrected chi connectivity index (χ4v) is 2.27. The lowest BCUT2D eigenvalue weighted by molar-refractivity contribution is 0.340. The van der Waals surface area contributed by atoms with Gasteiger partial charge in [-0.2, -0.15) is 4.98 Å². The number of halogens is 2. The van der Waals surface area contributed by atoms with Gasteiger partial charge in [-0.3, -0.25) is 0 Å². The first-order chi connectivity index (χ1) is 11.7. The third-order valence-electron chi connectivity index (χ3n) is 3.22. The highest BCUT2D eigenvalue weighted by Crippen LogP contribution is 2.24. The normalized spacial score (nSPS) is 11.5. The van der Waals surface area contributed by atoms with E-state index in [4.69, 9.17) is 20.9 Å². The van der Waals surface area contributed by atoms with Crippen LogP contribution in [0.3, 0.4) is 0 Å². The molecule has 24 heavy (non-hydrogen) atoms. The van der Waals surface area contributed by atoms with Gasteiger partial charge in [0.05, 0.1) is 6.61 Å². The number of nitrogens with zero attached hydrogens (tertiary/aromatic N) is 2. The second-order valence-electron chi connectivity index (χ2n) is 4.92. The number of benzene rings is 2. The molecule has 0 unspecified atom stereocenters. The molecule has 122 valence electrons. The monoisotopic (exact) mass is 344 g/mol. The van der Waals surface area contributed by atoms with Crippen molar-refractivity contribution < 1.29 is 13.7 Å². The molecule has 4 nitrogen and oxygen atoms in total. The van der Waals surface area contributed by atoms with Crippen molar-refractivity contribution in [3.05, 3.63) is 65.8 Å². The minimum absolute atomic E-state index is 0.199. The van der Waals surface area contributed by atoms with E-state index < -0.39 is 0 Å². The number of hydrogen-bond donors (Lipinski definition) is 0. The molecular formula is C18H14ClFN2O2. The van der Waals surface area contributed by atoms with Gasteiger partial charge in [0.25, 0.3) is 5.89 Å². The third-order valence-corrected chi connectivity index (χ3v) is 3.49. The van der Waals surface area contributed by atoms with Crippen LogP contribution in [0.5, 0.6) is 5.75 Å². The summed E-state index contributed by atoms with van der Waals surface area (Å²) in [7, 11) is 0. The van der Waals surface area contributed by atoms with E-state index in [0.29, 0.717) is 23.0 Å². The lowest BCUT2D eigenvalue weighted by Crippen LogP contribution is -1.90. The highest BCUT2D eigenvalue weighted by atomic mass is 35.5. The molecule has 0 aliphatic heterocycles. The molecule has 3 aromatic rings. The van der Waals surface area contributed by atoms with Crippen molar-refractivity contribution >= 4 is 22.7 Å². The summed E-state index contributed by atoms with van der Waals surface area (Å²) in [6, 6.07) is 13.3. The first kappa shape index (κ1) is 16.2. The molecular weight excluding hydrogens is 331 g/mol. The Morgan fingerprint density at radius 3 is 2.54 bits per heavy atom. The highest BCUT2D eigenvalue weighted by Gasteiger charge is 2.11. The Hall–Kier alpha value is -2.66. The quantitative estimate of drug-likeness (QED) is 0.652. The van der Waals surface area contributed by atoms with Crippen LogP contribution in [0.25, 0.3) is 22.5 Å². The van der Waals surface area contributed by atoms with E-state index in [0.717, 1.165) is 11.3 Å². The zero-order chi connectivity index (χ0) is 16.9. The van der Waals surface area contributed by atoms with Crippen LogP contribution in [0.1, 0.15) is 18.4 Å². The Balaban J connectivity index is 1.79.